The molecule has 0 bridgehead atoms. The summed E-state index contributed by atoms with van der Waals surface area (Å²) in [7, 11) is 0. The molecule has 2 heteroatoms. The van der Waals surface area contributed by atoms with Crippen LogP contribution in [-0.2, 0) is 9.53 Å². The molecule has 0 aromatic heterocycles. The third-order valence-corrected chi connectivity index (χ3v) is 5.41. The van der Waals surface area contributed by atoms with Crippen molar-refractivity contribution in [1.29, 1.82) is 0 Å². The summed E-state index contributed by atoms with van der Waals surface area (Å²) < 4.78 is 5.32. The minimum Gasteiger partial charge on any atom is -0.461 e. The van der Waals surface area contributed by atoms with Gasteiger partial charge < -0.3 is 4.74 Å². The number of esters is 1. The third kappa shape index (κ3) is 23.0. The van der Waals surface area contributed by atoms with Crippen LogP contribution in [0.25, 0.3) is 0 Å². The fourth-order valence-corrected chi connectivity index (χ4v) is 3.38. The summed E-state index contributed by atoms with van der Waals surface area (Å²) in [5, 5.41) is 0. The van der Waals surface area contributed by atoms with E-state index in [1.807, 2.05) is 6.08 Å². The van der Waals surface area contributed by atoms with E-state index in [9.17, 15) is 4.79 Å². The Bertz CT molecular complexity index is 481. The molecule has 0 heterocycles. The molecule has 0 aromatic rings. The first kappa shape index (κ1) is 28.7. The van der Waals surface area contributed by atoms with E-state index in [0.29, 0.717) is 13.0 Å². The van der Waals surface area contributed by atoms with Crippen LogP contribution in [0.2, 0.25) is 0 Å². The highest BCUT2D eigenvalue weighted by Gasteiger charge is 2.01. The van der Waals surface area contributed by atoms with Gasteiger partial charge in [0.1, 0.15) is 6.61 Å². The van der Waals surface area contributed by atoms with Gasteiger partial charge in [-0.15, -0.1) is 0 Å². The Morgan fingerprint density at radius 1 is 0.667 bits per heavy atom. The van der Waals surface area contributed by atoms with Crippen molar-refractivity contribution in [3.8, 4) is 0 Å². The van der Waals surface area contributed by atoms with E-state index in [4.69, 9.17) is 4.74 Å². The van der Waals surface area contributed by atoms with E-state index in [1.165, 1.54) is 81.8 Å². The Morgan fingerprint density at radius 2 is 1.23 bits per heavy atom. The summed E-state index contributed by atoms with van der Waals surface area (Å²) in [6.45, 7) is 9.04. The molecule has 0 rings (SSSR count). The Labute approximate surface area is 188 Å². The maximum absolute atomic E-state index is 11.8. The molecular weight excluding hydrogens is 368 g/mol. The number of ether oxygens (including phenoxy) is 1. The summed E-state index contributed by atoms with van der Waals surface area (Å²) in [5.74, 6) is -0.0547. The van der Waals surface area contributed by atoms with E-state index in [0.717, 1.165) is 25.7 Å². The number of hydrogen-bond acceptors (Lipinski definition) is 2. The zero-order valence-corrected chi connectivity index (χ0v) is 20.6. The molecular formula is C28H50O2. The highest BCUT2D eigenvalue weighted by Crippen LogP contribution is 2.11. The fraction of sp³-hybridized carbons (Fsp3) is 0.750. The first-order valence-electron chi connectivity index (χ1n) is 12.7. The van der Waals surface area contributed by atoms with Gasteiger partial charge in [0, 0.05) is 6.42 Å². The van der Waals surface area contributed by atoms with Crippen molar-refractivity contribution < 1.29 is 9.53 Å². The van der Waals surface area contributed by atoms with E-state index in [2.05, 4.69) is 45.9 Å². The maximum Gasteiger partial charge on any atom is 0.306 e. The molecule has 0 atom stereocenters. The summed E-state index contributed by atoms with van der Waals surface area (Å²) >= 11 is 0. The maximum atomic E-state index is 11.8. The topological polar surface area (TPSA) is 26.3 Å². The summed E-state index contributed by atoms with van der Waals surface area (Å²) in [4.78, 5) is 11.8. The average molecular weight is 419 g/mol. The van der Waals surface area contributed by atoms with E-state index >= 15 is 0 Å². The predicted octanol–water partition coefficient (Wildman–Crippen LogP) is 9.26. The fourth-order valence-electron chi connectivity index (χ4n) is 3.38. The Hall–Kier alpha value is -1.31. The predicted molar refractivity (Wildman–Crippen MR) is 133 cm³/mol. The van der Waals surface area contributed by atoms with E-state index in [-0.39, 0.29) is 5.97 Å². The Balaban J connectivity index is 3.42. The normalized spacial score (nSPS) is 11.8. The largest absolute Gasteiger partial charge is 0.461 e. The van der Waals surface area contributed by atoms with Gasteiger partial charge in [0.05, 0.1) is 0 Å². The van der Waals surface area contributed by atoms with Gasteiger partial charge in [-0.3, -0.25) is 4.79 Å². The number of carbonyl (C=O) groups excluding carboxylic acids is 1. The van der Waals surface area contributed by atoms with Gasteiger partial charge in [-0.25, -0.2) is 0 Å². The Kier molecular flexibility index (Phi) is 21.4. The number of hydrogen-bond donors (Lipinski definition) is 0. The van der Waals surface area contributed by atoms with Gasteiger partial charge in [0.15, 0.2) is 0 Å². The summed E-state index contributed by atoms with van der Waals surface area (Å²) in [6.07, 6.45) is 28.3. The van der Waals surface area contributed by atoms with Crippen LogP contribution in [0.15, 0.2) is 35.5 Å². The van der Waals surface area contributed by atoms with Gasteiger partial charge in [-0.1, -0.05) is 87.7 Å². The van der Waals surface area contributed by atoms with Crippen molar-refractivity contribution in [1.82, 2.24) is 0 Å². The second-order valence-electron chi connectivity index (χ2n) is 8.89. The van der Waals surface area contributed by atoms with Crippen LogP contribution in [0.3, 0.4) is 0 Å². The summed E-state index contributed by atoms with van der Waals surface area (Å²) in [5.41, 5.74) is 2.65. The zero-order chi connectivity index (χ0) is 22.3. The van der Waals surface area contributed by atoms with Crippen LogP contribution in [0.1, 0.15) is 130 Å². The van der Waals surface area contributed by atoms with E-state index in [1.54, 1.807) is 0 Å². The standard InChI is InChI=1S/C28H50O2/c1-5-6-7-8-9-10-11-12-13-14-15-16-17-18-19-23-28(29)30-25-24-27(4)22-20-21-26(2)3/h12-13,21,24H,5-11,14-20,22-23,25H2,1-4H3/b13-12-,27-24+. The first-order valence-corrected chi connectivity index (χ1v) is 12.7. The van der Waals surface area contributed by atoms with Crippen molar-refractivity contribution in [2.75, 3.05) is 6.61 Å². The average Bonchev–Trinajstić information content (AvgIpc) is 2.70. The lowest BCUT2D eigenvalue weighted by molar-refractivity contribution is -0.142. The minimum atomic E-state index is -0.0547. The zero-order valence-electron chi connectivity index (χ0n) is 20.6. The van der Waals surface area contributed by atoms with Crippen LogP contribution < -0.4 is 0 Å². The third-order valence-electron chi connectivity index (χ3n) is 5.41. The molecule has 0 saturated heterocycles. The monoisotopic (exact) mass is 418 g/mol. The molecule has 30 heavy (non-hydrogen) atoms. The number of carbonyl (C=O) groups is 1. The van der Waals surface area contributed by atoms with Crippen molar-refractivity contribution in [3.05, 3.63) is 35.5 Å². The molecule has 0 aliphatic heterocycles. The molecule has 0 saturated carbocycles. The number of allylic oxidation sites excluding steroid dienone is 5. The van der Waals surface area contributed by atoms with Crippen molar-refractivity contribution in [2.45, 2.75) is 130 Å². The van der Waals surface area contributed by atoms with Crippen molar-refractivity contribution in [2.24, 2.45) is 0 Å². The molecule has 0 aromatic carbocycles. The highest BCUT2D eigenvalue weighted by atomic mass is 16.5. The molecule has 0 fully saturated rings. The Morgan fingerprint density at radius 3 is 1.83 bits per heavy atom. The van der Waals surface area contributed by atoms with Gasteiger partial charge in [-0.2, -0.15) is 0 Å². The molecule has 174 valence electrons. The minimum absolute atomic E-state index is 0.0547. The highest BCUT2D eigenvalue weighted by molar-refractivity contribution is 5.69. The van der Waals surface area contributed by atoms with Gasteiger partial charge in [0.2, 0.25) is 0 Å². The lowest BCUT2D eigenvalue weighted by Crippen LogP contribution is -2.04. The van der Waals surface area contributed by atoms with Crippen LogP contribution >= 0.6 is 0 Å². The molecule has 0 radical (unpaired) electrons. The molecule has 0 spiro atoms. The smallest absolute Gasteiger partial charge is 0.306 e. The summed E-state index contributed by atoms with van der Waals surface area (Å²) in [6, 6.07) is 0. The SMILES string of the molecule is CCCCCCCC/C=C\CCCCCCCC(=O)OC/C=C(\C)CCC=C(C)C. The van der Waals surface area contributed by atoms with Crippen LogP contribution in [0.5, 0.6) is 0 Å². The van der Waals surface area contributed by atoms with Crippen molar-refractivity contribution >= 4 is 5.97 Å². The van der Waals surface area contributed by atoms with Crippen molar-refractivity contribution in [3.63, 3.8) is 0 Å². The lowest BCUT2D eigenvalue weighted by Gasteiger charge is -2.04. The van der Waals surface area contributed by atoms with Gasteiger partial charge >= 0.3 is 5.97 Å². The van der Waals surface area contributed by atoms with Gasteiger partial charge in [-0.05, 0) is 71.8 Å². The molecule has 0 N–H and O–H groups in total. The van der Waals surface area contributed by atoms with Crippen LogP contribution in [0, 0.1) is 0 Å². The van der Waals surface area contributed by atoms with Crippen LogP contribution in [0.4, 0.5) is 0 Å². The number of unbranched alkanes of at least 4 members (excludes halogenated alkanes) is 11. The molecule has 0 unspecified atom stereocenters. The second-order valence-corrected chi connectivity index (χ2v) is 8.89. The van der Waals surface area contributed by atoms with E-state index < -0.39 is 0 Å². The lowest BCUT2D eigenvalue weighted by atomic mass is 10.1. The van der Waals surface area contributed by atoms with Crippen LogP contribution in [-0.4, -0.2) is 12.6 Å². The first-order chi connectivity index (χ1) is 14.6. The quantitative estimate of drug-likeness (QED) is 0.112. The van der Waals surface area contributed by atoms with Gasteiger partial charge in [0.25, 0.3) is 0 Å². The molecule has 0 aliphatic carbocycles. The molecule has 0 aliphatic rings. The molecule has 0 amide bonds. The second kappa shape index (κ2) is 22.4. The number of rotatable bonds is 20. The molecule has 2 nitrogen and oxygen atoms in total.